The van der Waals surface area contributed by atoms with E-state index in [1.165, 1.54) is 6.07 Å². The van der Waals surface area contributed by atoms with Crippen LogP contribution in [0.3, 0.4) is 0 Å². The van der Waals surface area contributed by atoms with Gasteiger partial charge in [-0.1, -0.05) is 0 Å². The zero-order chi connectivity index (χ0) is 14.3. The average molecular weight is 301 g/mol. The molecule has 0 bridgehead atoms. The van der Waals surface area contributed by atoms with Gasteiger partial charge in [-0.3, -0.25) is 0 Å². The molecule has 0 radical (unpaired) electrons. The van der Waals surface area contributed by atoms with Crippen LogP contribution in [0, 0.1) is 17.6 Å². The summed E-state index contributed by atoms with van der Waals surface area (Å²) in [6.07, 6.45) is 0.931. The molecule has 20 heavy (non-hydrogen) atoms. The fraction of sp³-hybridized carbons (Fsp3) is 0.500. The van der Waals surface area contributed by atoms with Gasteiger partial charge in [0.2, 0.25) is 0 Å². The SMILES string of the molecule is CC(C1CCOC1)n1c(CCl)nc2c(F)cc(F)cc21. The maximum absolute atomic E-state index is 13.8. The van der Waals surface area contributed by atoms with E-state index in [1.807, 2.05) is 11.5 Å². The Morgan fingerprint density at radius 3 is 2.95 bits per heavy atom. The van der Waals surface area contributed by atoms with Crippen molar-refractivity contribution in [3.63, 3.8) is 0 Å². The van der Waals surface area contributed by atoms with Gasteiger partial charge in [-0.05, 0) is 19.4 Å². The van der Waals surface area contributed by atoms with Gasteiger partial charge in [-0.2, -0.15) is 0 Å². The second kappa shape index (κ2) is 5.30. The molecular formula is C14H15ClF2N2O. The molecule has 1 saturated heterocycles. The minimum Gasteiger partial charge on any atom is -0.381 e. The Labute approximate surface area is 120 Å². The Hall–Kier alpha value is -1.20. The number of fused-ring (bicyclic) bond motifs is 1. The monoisotopic (exact) mass is 300 g/mol. The minimum atomic E-state index is -0.653. The van der Waals surface area contributed by atoms with Gasteiger partial charge in [0, 0.05) is 24.6 Å². The first-order chi connectivity index (χ1) is 9.61. The van der Waals surface area contributed by atoms with E-state index in [0.29, 0.717) is 23.9 Å². The maximum Gasteiger partial charge on any atom is 0.153 e. The van der Waals surface area contributed by atoms with Gasteiger partial charge in [-0.25, -0.2) is 13.8 Å². The molecule has 2 unspecified atom stereocenters. The highest BCUT2D eigenvalue weighted by molar-refractivity contribution is 6.16. The van der Waals surface area contributed by atoms with Crippen LogP contribution in [0.15, 0.2) is 12.1 Å². The van der Waals surface area contributed by atoms with Crippen molar-refractivity contribution in [2.75, 3.05) is 13.2 Å². The van der Waals surface area contributed by atoms with E-state index >= 15 is 0 Å². The number of alkyl halides is 1. The highest BCUT2D eigenvalue weighted by Crippen LogP contribution is 2.32. The number of hydrogen-bond acceptors (Lipinski definition) is 2. The van der Waals surface area contributed by atoms with E-state index in [2.05, 4.69) is 4.98 Å². The number of hydrogen-bond donors (Lipinski definition) is 0. The number of benzene rings is 1. The molecular weight excluding hydrogens is 286 g/mol. The molecule has 2 atom stereocenters. The van der Waals surface area contributed by atoms with Crippen molar-refractivity contribution in [3.05, 3.63) is 29.6 Å². The second-order valence-corrected chi connectivity index (χ2v) is 5.42. The summed E-state index contributed by atoms with van der Waals surface area (Å²) in [6.45, 7) is 3.39. The first-order valence-electron chi connectivity index (χ1n) is 6.61. The molecule has 0 aliphatic carbocycles. The Bertz CT molecular complexity index is 638. The standard InChI is InChI=1S/C14H15ClF2N2O/c1-8(9-2-3-20-7-9)19-12-5-10(16)4-11(17)14(12)18-13(19)6-15/h4-5,8-9H,2-3,6-7H2,1H3. The van der Waals surface area contributed by atoms with Crippen LogP contribution in [-0.2, 0) is 10.6 Å². The fourth-order valence-electron chi connectivity index (χ4n) is 2.86. The second-order valence-electron chi connectivity index (χ2n) is 5.15. The Kier molecular flexibility index (Phi) is 3.65. The van der Waals surface area contributed by atoms with Crippen LogP contribution in [0.2, 0.25) is 0 Å². The summed E-state index contributed by atoms with van der Waals surface area (Å²) in [7, 11) is 0. The van der Waals surface area contributed by atoms with Crippen LogP contribution in [0.5, 0.6) is 0 Å². The Morgan fingerprint density at radius 2 is 2.30 bits per heavy atom. The van der Waals surface area contributed by atoms with E-state index in [9.17, 15) is 8.78 Å². The van der Waals surface area contributed by atoms with Crippen molar-refractivity contribution in [3.8, 4) is 0 Å². The molecule has 0 saturated carbocycles. The van der Waals surface area contributed by atoms with E-state index < -0.39 is 11.6 Å². The number of nitrogens with zero attached hydrogens (tertiary/aromatic N) is 2. The van der Waals surface area contributed by atoms with Gasteiger partial charge < -0.3 is 9.30 Å². The molecule has 3 nitrogen and oxygen atoms in total. The molecule has 2 heterocycles. The summed E-state index contributed by atoms with van der Waals surface area (Å²) in [5.41, 5.74) is 0.630. The third-order valence-corrected chi connectivity index (χ3v) is 4.20. The van der Waals surface area contributed by atoms with Crippen LogP contribution in [0.4, 0.5) is 8.78 Å². The van der Waals surface area contributed by atoms with Crippen LogP contribution in [0.25, 0.3) is 11.0 Å². The lowest BCUT2D eigenvalue weighted by Crippen LogP contribution is -2.18. The minimum absolute atomic E-state index is 0.0393. The third kappa shape index (κ3) is 2.19. The summed E-state index contributed by atoms with van der Waals surface area (Å²) in [6, 6.07) is 2.20. The summed E-state index contributed by atoms with van der Waals surface area (Å²) in [5.74, 6) is -0.230. The number of imidazole rings is 1. The molecule has 3 rings (SSSR count). The van der Waals surface area contributed by atoms with E-state index in [-0.39, 0.29) is 17.4 Å². The largest absolute Gasteiger partial charge is 0.381 e. The molecule has 1 aliphatic heterocycles. The van der Waals surface area contributed by atoms with Gasteiger partial charge in [0.05, 0.1) is 18.0 Å². The lowest BCUT2D eigenvalue weighted by molar-refractivity contribution is 0.175. The number of ether oxygens (including phenoxy) is 1. The predicted molar refractivity (Wildman–Crippen MR) is 72.8 cm³/mol. The van der Waals surface area contributed by atoms with Crippen molar-refractivity contribution in [2.24, 2.45) is 5.92 Å². The average Bonchev–Trinajstić information content (AvgIpc) is 3.04. The molecule has 1 aliphatic rings. The summed E-state index contributed by atoms with van der Waals surface area (Å²) in [5, 5.41) is 0. The van der Waals surface area contributed by atoms with Gasteiger partial charge in [0.15, 0.2) is 5.82 Å². The normalized spacial score (nSPS) is 20.7. The van der Waals surface area contributed by atoms with E-state index in [0.717, 1.165) is 19.1 Å². The first-order valence-corrected chi connectivity index (χ1v) is 7.15. The predicted octanol–water partition coefficient (Wildman–Crippen LogP) is 3.65. The highest BCUT2D eigenvalue weighted by Gasteiger charge is 2.27. The smallest absolute Gasteiger partial charge is 0.153 e. The fourth-order valence-corrected chi connectivity index (χ4v) is 3.05. The van der Waals surface area contributed by atoms with Gasteiger partial charge in [0.1, 0.15) is 17.2 Å². The molecule has 2 aromatic rings. The molecule has 0 amide bonds. The lowest BCUT2D eigenvalue weighted by atomic mass is 10.00. The zero-order valence-corrected chi connectivity index (χ0v) is 11.8. The van der Waals surface area contributed by atoms with Crippen LogP contribution in [0.1, 0.15) is 25.2 Å². The van der Waals surface area contributed by atoms with Crippen LogP contribution in [-0.4, -0.2) is 22.8 Å². The maximum atomic E-state index is 13.8. The van der Waals surface area contributed by atoms with Crippen LogP contribution >= 0.6 is 11.6 Å². The van der Waals surface area contributed by atoms with Gasteiger partial charge >= 0.3 is 0 Å². The Morgan fingerprint density at radius 1 is 1.50 bits per heavy atom. The Balaban J connectivity index is 2.16. The van der Waals surface area contributed by atoms with E-state index in [4.69, 9.17) is 16.3 Å². The summed E-state index contributed by atoms with van der Waals surface area (Å²) >= 11 is 5.92. The van der Waals surface area contributed by atoms with Crippen molar-refractivity contribution in [2.45, 2.75) is 25.3 Å². The van der Waals surface area contributed by atoms with Crippen molar-refractivity contribution in [1.29, 1.82) is 0 Å². The molecule has 0 spiro atoms. The summed E-state index contributed by atoms with van der Waals surface area (Å²) in [4.78, 5) is 4.21. The number of aromatic nitrogens is 2. The summed E-state index contributed by atoms with van der Waals surface area (Å²) < 4.78 is 34.6. The highest BCUT2D eigenvalue weighted by atomic mass is 35.5. The van der Waals surface area contributed by atoms with Gasteiger partial charge in [-0.15, -0.1) is 11.6 Å². The molecule has 6 heteroatoms. The quantitative estimate of drug-likeness (QED) is 0.809. The number of halogens is 3. The third-order valence-electron chi connectivity index (χ3n) is 3.96. The van der Waals surface area contributed by atoms with Crippen LogP contribution < -0.4 is 0 Å². The van der Waals surface area contributed by atoms with E-state index in [1.54, 1.807) is 0 Å². The molecule has 1 aromatic carbocycles. The van der Waals surface area contributed by atoms with Crippen molar-refractivity contribution in [1.82, 2.24) is 9.55 Å². The lowest BCUT2D eigenvalue weighted by Gasteiger charge is -2.22. The topological polar surface area (TPSA) is 27.1 Å². The molecule has 1 aromatic heterocycles. The molecule has 108 valence electrons. The first kappa shape index (κ1) is 13.8. The molecule has 1 fully saturated rings. The zero-order valence-electron chi connectivity index (χ0n) is 11.1. The number of rotatable bonds is 3. The molecule has 0 N–H and O–H groups in total. The van der Waals surface area contributed by atoms with Crippen molar-refractivity contribution >= 4 is 22.6 Å². The van der Waals surface area contributed by atoms with Gasteiger partial charge in [0.25, 0.3) is 0 Å². The van der Waals surface area contributed by atoms with Crippen molar-refractivity contribution < 1.29 is 13.5 Å².